The molecule has 0 saturated carbocycles. The Morgan fingerprint density at radius 2 is 1.57 bits per heavy atom. The zero-order valence-corrected chi connectivity index (χ0v) is 16.3. The van der Waals surface area contributed by atoms with Gasteiger partial charge in [0.05, 0.1) is 0 Å². The highest BCUT2D eigenvalue weighted by Gasteiger charge is 2.28. The molecule has 0 radical (unpaired) electrons. The molecule has 4 rings (SSSR count). The van der Waals surface area contributed by atoms with Crippen LogP contribution < -0.4 is 9.64 Å². The van der Waals surface area contributed by atoms with E-state index in [1.165, 1.54) is 11.1 Å². The van der Waals surface area contributed by atoms with E-state index in [1.54, 1.807) is 0 Å². The molecule has 1 amide bonds. The number of fused-ring (bicyclic) bond motifs is 1. The molecule has 1 saturated heterocycles. The van der Waals surface area contributed by atoms with Crippen molar-refractivity contribution in [3.05, 3.63) is 72.8 Å². The van der Waals surface area contributed by atoms with Crippen molar-refractivity contribution in [1.29, 1.82) is 0 Å². The average Bonchev–Trinajstić information content (AvgIpc) is 2.77. The second-order valence-electron chi connectivity index (χ2n) is 7.17. The lowest BCUT2D eigenvalue weighted by atomic mass is 10.1. The first-order valence-electron chi connectivity index (χ1n) is 9.99. The fraction of sp³-hybridized carbons (Fsp3) is 0.292. The van der Waals surface area contributed by atoms with Crippen LogP contribution in [0.3, 0.4) is 0 Å². The Kier molecular flexibility index (Phi) is 5.47. The summed E-state index contributed by atoms with van der Waals surface area (Å²) < 4.78 is 6.09. The summed E-state index contributed by atoms with van der Waals surface area (Å²) in [6.07, 6.45) is 0.217. The Bertz CT molecular complexity index is 934. The number of para-hydroxylation sites is 1. The lowest BCUT2D eigenvalue weighted by molar-refractivity contribution is -0.139. The number of piperazine rings is 1. The minimum absolute atomic E-state index is 0.0865. The summed E-state index contributed by atoms with van der Waals surface area (Å²) in [6.45, 7) is 5.16. The quantitative estimate of drug-likeness (QED) is 0.666. The van der Waals surface area contributed by atoms with E-state index in [4.69, 9.17) is 4.74 Å². The maximum Gasteiger partial charge on any atom is 0.263 e. The van der Waals surface area contributed by atoms with Crippen LogP contribution in [-0.4, -0.2) is 43.1 Å². The Morgan fingerprint density at radius 1 is 0.893 bits per heavy atom. The van der Waals surface area contributed by atoms with E-state index in [0.717, 1.165) is 37.3 Å². The molecule has 1 atom stereocenters. The van der Waals surface area contributed by atoms with Gasteiger partial charge in [-0.15, -0.1) is 0 Å². The van der Waals surface area contributed by atoms with Gasteiger partial charge >= 0.3 is 0 Å². The third-order valence-electron chi connectivity index (χ3n) is 5.36. The van der Waals surface area contributed by atoms with Gasteiger partial charge < -0.3 is 14.5 Å². The van der Waals surface area contributed by atoms with Crippen LogP contribution in [0.15, 0.2) is 72.8 Å². The SMILES string of the molecule is CC[C@@H](Oc1ccc2ccccc2c1)C(=O)N1CCN(c2ccccc2)CC1. The maximum absolute atomic E-state index is 13.0. The van der Waals surface area contributed by atoms with Gasteiger partial charge in [-0.05, 0) is 41.5 Å². The zero-order chi connectivity index (χ0) is 19.3. The summed E-state index contributed by atoms with van der Waals surface area (Å²) in [5.41, 5.74) is 1.22. The highest BCUT2D eigenvalue weighted by molar-refractivity contribution is 5.84. The van der Waals surface area contributed by atoms with Gasteiger partial charge in [0.1, 0.15) is 5.75 Å². The first-order chi connectivity index (χ1) is 13.7. The van der Waals surface area contributed by atoms with E-state index < -0.39 is 6.10 Å². The first kappa shape index (κ1) is 18.4. The van der Waals surface area contributed by atoms with Crippen LogP contribution in [0.2, 0.25) is 0 Å². The Labute approximate surface area is 166 Å². The van der Waals surface area contributed by atoms with Gasteiger partial charge in [-0.3, -0.25) is 4.79 Å². The van der Waals surface area contributed by atoms with Crippen molar-refractivity contribution in [2.45, 2.75) is 19.4 Å². The van der Waals surface area contributed by atoms with Gasteiger partial charge in [-0.1, -0.05) is 55.5 Å². The van der Waals surface area contributed by atoms with Gasteiger partial charge in [-0.2, -0.15) is 0 Å². The molecule has 0 spiro atoms. The molecule has 0 bridgehead atoms. The molecule has 3 aromatic carbocycles. The minimum atomic E-state index is -0.440. The molecule has 0 N–H and O–H groups in total. The summed E-state index contributed by atoms with van der Waals surface area (Å²) >= 11 is 0. The molecule has 0 aliphatic carbocycles. The highest BCUT2D eigenvalue weighted by Crippen LogP contribution is 2.23. The molecular formula is C24H26N2O2. The zero-order valence-electron chi connectivity index (χ0n) is 16.3. The molecule has 28 heavy (non-hydrogen) atoms. The number of rotatable bonds is 5. The van der Waals surface area contributed by atoms with Gasteiger partial charge in [-0.25, -0.2) is 0 Å². The molecule has 144 valence electrons. The predicted molar refractivity (Wildman–Crippen MR) is 114 cm³/mol. The van der Waals surface area contributed by atoms with E-state index in [-0.39, 0.29) is 5.91 Å². The number of hydrogen-bond donors (Lipinski definition) is 0. The number of nitrogens with zero attached hydrogens (tertiary/aromatic N) is 2. The smallest absolute Gasteiger partial charge is 0.263 e. The van der Waals surface area contributed by atoms with E-state index in [1.807, 2.05) is 48.2 Å². The molecule has 0 aromatic heterocycles. The van der Waals surface area contributed by atoms with Crippen molar-refractivity contribution in [3.63, 3.8) is 0 Å². The molecule has 0 unspecified atom stereocenters. The number of amides is 1. The molecule has 4 nitrogen and oxygen atoms in total. The first-order valence-corrected chi connectivity index (χ1v) is 9.99. The number of carbonyl (C=O) groups excluding carboxylic acids is 1. The van der Waals surface area contributed by atoms with Crippen LogP contribution in [-0.2, 0) is 4.79 Å². The summed E-state index contributed by atoms with van der Waals surface area (Å²) in [5.74, 6) is 0.838. The van der Waals surface area contributed by atoms with Crippen molar-refractivity contribution in [3.8, 4) is 5.75 Å². The third kappa shape index (κ3) is 3.96. The number of hydrogen-bond acceptors (Lipinski definition) is 3. The van der Waals surface area contributed by atoms with E-state index >= 15 is 0 Å². The van der Waals surface area contributed by atoms with Crippen molar-refractivity contribution < 1.29 is 9.53 Å². The normalized spacial score (nSPS) is 15.5. The van der Waals surface area contributed by atoms with Crippen LogP contribution in [0, 0.1) is 0 Å². The van der Waals surface area contributed by atoms with Crippen LogP contribution >= 0.6 is 0 Å². The lowest BCUT2D eigenvalue weighted by Crippen LogP contribution is -2.52. The molecule has 4 heteroatoms. The molecular weight excluding hydrogens is 348 g/mol. The van der Waals surface area contributed by atoms with Crippen molar-refractivity contribution >= 4 is 22.4 Å². The fourth-order valence-corrected chi connectivity index (χ4v) is 3.74. The fourth-order valence-electron chi connectivity index (χ4n) is 3.74. The maximum atomic E-state index is 13.0. The van der Waals surface area contributed by atoms with Crippen molar-refractivity contribution in [1.82, 2.24) is 4.90 Å². The van der Waals surface area contributed by atoms with Crippen molar-refractivity contribution in [2.24, 2.45) is 0 Å². The monoisotopic (exact) mass is 374 g/mol. The molecule has 1 heterocycles. The van der Waals surface area contributed by atoms with Crippen molar-refractivity contribution in [2.75, 3.05) is 31.1 Å². The molecule has 1 aliphatic heterocycles. The second kappa shape index (κ2) is 8.34. The van der Waals surface area contributed by atoms with Crippen LogP contribution in [0.4, 0.5) is 5.69 Å². The number of carbonyl (C=O) groups is 1. The largest absolute Gasteiger partial charge is 0.481 e. The van der Waals surface area contributed by atoms with Gasteiger partial charge in [0.15, 0.2) is 6.10 Å². The van der Waals surface area contributed by atoms with E-state index in [2.05, 4.69) is 41.3 Å². The highest BCUT2D eigenvalue weighted by atomic mass is 16.5. The Morgan fingerprint density at radius 3 is 2.29 bits per heavy atom. The molecule has 1 aliphatic rings. The number of anilines is 1. The second-order valence-corrected chi connectivity index (χ2v) is 7.17. The topological polar surface area (TPSA) is 32.8 Å². The minimum Gasteiger partial charge on any atom is -0.481 e. The Hall–Kier alpha value is -3.01. The average molecular weight is 374 g/mol. The third-order valence-corrected chi connectivity index (χ3v) is 5.36. The Balaban J connectivity index is 1.40. The van der Waals surface area contributed by atoms with Gasteiger partial charge in [0.25, 0.3) is 5.91 Å². The summed E-state index contributed by atoms with van der Waals surface area (Å²) in [5, 5.41) is 2.30. The van der Waals surface area contributed by atoms with Gasteiger partial charge in [0, 0.05) is 31.9 Å². The standard InChI is InChI=1S/C24H26N2O2/c1-2-23(28-22-13-12-19-8-6-7-9-20(19)18-22)24(27)26-16-14-25(15-17-26)21-10-4-3-5-11-21/h3-13,18,23H,2,14-17H2,1H3/t23-/m1/s1. The van der Waals surface area contributed by atoms with E-state index in [9.17, 15) is 4.79 Å². The van der Waals surface area contributed by atoms with Crippen LogP contribution in [0.5, 0.6) is 5.75 Å². The summed E-state index contributed by atoms with van der Waals surface area (Å²) in [7, 11) is 0. The summed E-state index contributed by atoms with van der Waals surface area (Å²) in [4.78, 5) is 17.3. The number of benzene rings is 3. The molecule has 1 fully saturated rings. The molecule has 3 aromatic rings. The number of ether oxygens (including phenoxy) is 1. The van der Waals surface area contributed by atoms with Crippen LogP contribution in [0.1, 0.15) is 13.3 Å². The lowest BCUT2D eigenvalue weighted by Gasteiger charge is -2.37. The summed E-state index contributed by atoms with van der Waals surface area (Å²) in [6, 6.07) is 24.6. The van der Waals surface area contributed by atoms with Gasteiger partial charge in [0.2, 0.25) is 0 Å². The predicted octanol–water partition coefficient (Wildman–Crippen LogP) is 4.35. The van der Waals surface area contributed by atoms with E-state index in [0.29, 0.717) is 6.42 Å². The van der Waals surface area contributed by atoms with Crippen LogP contribution in [0.25, 0.3) is 10.8 Å².